The Bertz CT molecular complexity index is 783. The van der Waals surface area contributed by atoms with Gasteiger partial charge < -0.3 is 19.9 Å². The molecule has 2 aromatic rings. The molecule has 2 N–H and O–H groups in total. The normalized spacial score (nSPS) is 13.0. The lowest BCUT2D eigenvalue weighted by Gasteiger charge is -2.12. The molecule has 2 aromatic carbocycles. The number of aliphatic carboxylic acids is 1. The lowest BCUT2D eigenvalue weighted by Crippen LogP contribution is -2.14. The second-order valence-electron chi connectivity index (χ2n) is 6.57. The number of carbonyl (C=O) groups is 2. The van der Waals surface area contributed by atoms with Gasteiger partial charge in [-0.25, -0.2) is 0 Å². The van der Waals surface area contributed by atoms with E-state index >= 15 is 0 Å². The Morgan fingerprint density at radius 1 is 1.04 bits per heavy atom. The lowest BCUT2D eigenvalue weighted by molar-refractivity contribution is -0.137. The summed E-state index contributed by atoms with van der Waals surface area (Å²) in [6, 6.07) is 14.2. The van der Waals surface area contributed by atoms with Crippen molar-refractivity contribution in [3.05, 3.63) is 54.1 Å². The summed E-state index contributed by atoms with van der Waals surface area (Å²) in [5.74, 6) is 0.783. The lowest BCUT2D eigenvalue weighted by atomic mass is 10.2. The first-order chi connectivity index (χ1) is 13.1. The van der Waals surface area contributed by atoms with E-state index in [1.54, 1.807) is 30.3 Å². The van der Waals surface area contributed by atoms with Crippen LogP contribution in [0.3, 0.4) is 0 Å². The quantitative estimate of drug-likeness (QED) is 0.619. The predicted molar refractivity (Wildman–Crippen MR) is 101 cm³/mol. The summed E-state index contributed by atoms with van der Waals surface area (Å²) >= 11 is 0. The molecule has 6 nitrogen and oxygen atoms in total. The van der Waals surface area contributed by atoms with Gasteiger partial charge in [-0.15, -0.1) is 0 Å². The van der Waals surface area contributed by atoms with Crippen molar-refractivity contribution in [3.63, 3.8) is 0 Å². The van der Waals surface area contributed by atoms with Gasteiger partial charge >= 0.3 is 5.97 Å². The molecule has 1 fully saturated rings. The summed E-state index contributed by atoms with van der Waals surface area (Å²) in [6.45, 7) is 0.988. The third-order valence-electron chi connectivity index (χ3n) is 4.22. The third kappa shape index (κ3) is 6.02. The van der Waals surface area contributed by atoms with Crippen LogP contribution in [0.5, 0.6) is 11.5 Å². The van der Waals surface area contributed by atoms with Gasteiger partial charge in [0, 0.05) is 12.1 Å². The van der Waals surface area contributed by atoms with Crippen molar-refractivity contribution in [1.82, 2.24) is 0 Å². The molecule has 0 spiro atoms. The summed E-state index contributed by atoms with van der Waals surface area (Å²) in [5.41, 5.74) is 1.15. The van der Waals surface area contributed by atoms with E-state index in [1.807, 2.05) is 18.2 Å². The van der Waals surface area contributed by atoms with Crippen LogP contribution in [0.15, 0.2) is 48.5 Å². The van der Waals surface area contributed by atoms with Gasteiger partial charge in [-0.2, -0.15) is 0 Å². The summed E-state index contributed by atoms with van der Waals surface area (Å²) < 4.78 is 11.3. The Hall–Kier alpha value is -3.02. The van der Waals surface area contributed by atoms with E-state index in [2.05, 4.69) is 5.32 Å². The largest absolute Gasteiger partial charge is 0.494 e. The first kappa shape index (κ1) is 18.8. The second-order valence-corrected chi connectivity index (χ2v) is 6.57. The van der Waals surface area contributed by atoms with Crippen LogP contribution < -0.4 is 14.8 Å². The smallest absolute Gasteiger partial charge is 0.303 e. The highest BCUT2D eigenvalue weighted by molar-refractivity contribution is 6.06. The highest BCUT2D eigenvalue weighted by atomic mass is 16.5. The molecule has 0 unspecified atom stereocenters. The number of benzene rings is 2. The van der Waals surface area contributed by atoms with Gasteiger partial charge in [0.1, 0.15) is 11.5 Å². The number of anilines is 1. The maximum atomic E-state index is 12.6. The Balaban J connectivity index is 1.53. The summed E-state index contributed by atoms with van der Waals surface area (Å²) in [4.78, 5) is 23.0. The number of para-hydroxylation sites is 1. The number of hydrogen-bond acceptors (Lipinski definition) is 4. The standard InChI is InChI=1S/C21H23NO5/c23-20(24)6-3-13-26-17-11-9-16(10-12-17)22-21(25)18-4-1-2-5-19(18)27-14-15-7-8-15/h1-2,4-5,9-12,15H,3,6-8,13-14H2,(H,22,25)(H,23,24). The predicted octanol–water partition coefficient (Wildman–Crippen LogP) is 3.97. The molecule has 0 atom stereocenters. The van der Waals surface area contributed by atoms with Crippen molar-refractivity contribution in [2.75, 3.05) is 18.5 Å². The number of carboxylic acid groups (broad SMARTS) is 1. The fourth-order valence-corrected chi connectivity index (χ4v) is 2.52. The van der Waals surface area contributed by atoms with E-state index in [9.17, 15) is 9.59 Å². The van der Waals surface area contributed by atoms with E-state index in [4.69, 9.17) is 14.6 Å². The molecule has 142 valence electrons. The summed E-state index contributed by atoms with van der Waals surface area (Å²) in [5, 5.41) is 11.5. The van der Waals surface area contributed by atoms with Crippen molar-refractivity contribution >= 4 is 17.6 Å². The molecule has 1 saturated carbocycles. The summed E-state index contributed by atoms with van der Waals surface area (Å²) in [7, 11) is 0. The van der Waals surface area contributed by atoms with Gasteiger partial charge in [-0.1, -0.05) is 12.1 Å². The number of rotatable bonds is 10. The molecule has 0 saturated heterocycles. The molecule has 3 rings (SSSR count). The van der Waals surface area contributed by atoms with Gasteiger partial charge in [0.25, 0.3) is 5.91 Å². The maximum absolute atomic E-state index is 12.6. The van der Waals surface area contributed by atoms with E-state index < -0.39 is 5.97 Å². The minimum Gasteiger partial charge on any atom is -0.494 e. The first-order valence-electron chi connectivity index (χ1n) is 9.09. The van der Waals surface area contributed by atoms with Gasteiger partial charge in [0.05, 0.1) is 18.8 Å². The van der Waals surface area contributed by atoms with Crippen LogP contribution in [0.25, 0.3) is 0 Å². The van der Waals surface area contributed by atoms with Crippen LogP contribution in [-0.4, -0.2) is 30.2 Å². The molecule has 6 heteroatoms. The van der Waals surface area contributed by atoms with E-state index in [0.717, 1.165) is 0 Å². The zero-order valence-electron chi connectivity index (χ0n) is 15.0. The van der Waals surface area contributed by atoms with Gasteiger partial charge in [-0.3, -0.25) is 9.59 Å². The number of ether oxygens (including phenoxy) is 2. The topological polar surface area (TPSA) is 84.9 Å². The van der Waals surface area contributed by atoms with Crippen LogP contribution >= 0.6 is 0 Å². The monoisotopic (exact) mass is 369 g/mol. The van der Waals surface area contributed by atoms with Crippen molar-refractivity contribution in [2.24, 2.45) is 5.92 Å². The van der Waals surface area contributed by atoms with Crippen LogP contribution in [0.2, 0.25) is 0 Å². The molecule has 0 bridgehead atoms. The fraction of sp³-hybridized carbons (Fsp3) is 0.333. The fourth-order valence-electron chi connectivity index (χ4n) is 2.52. The van der Waals surface area contributed by atoms with Gasteiger partial charge in [0.2, 0.25) is 0 Å². The van der Waals surface area contributed by atoms with Crippen LogP contribution in [-0.2, 0) is 4.79 Å². The van der Waals surface area contributed by atoms with Crippen molar-refractivity contribution in [3.8, 4) is 11.5 Å². The Morgan fingerprint density at radius 3 is 2.48 bits per heavy atom. The third-order valence-corrected chi connectivity index (χ3v) is 4.22. The number of carbonyl (C=O) groups excluding carboxylic acids is 1. The molecule has 1 aliphatic rings. The van der Waals surface area contributed by atoms with Crippen molar-refractivity contribution < 1.29 is 24.2 Å². The SMILES string of the molecule is O=C(O)CCCOc1ccc(NC(=O)c2ccccc2OCC2CC2)cc1. The Morgan fingerprint density at radius 2 is 1.78 bits per heavy atom. The molecule has 27 heavy (non-hydrogen) atoms. The molecule has 0 aliphatic heterocycles. The Kier molecular flexibility index (Phi) is 6.30. The molecular weight excluding hydrogens is 346 g/mol. The number of nitrogens with one attached hydrogen (secondary N) is 1. The summed E-state index contributed by atoms with van der Waals surface area (Å²) in [6.07, 6.45) is 2.92. The molecule has 0 heterocycles. The molecule has 0 radical (unpaired) electrons. The number of hydrogen-bond donors (Lipinski definition) is 2. The highest BCUT2D eigenvalue weighted by Gasteiger charge is 2.23. The number of carboxylic acids is 1. The first-order valence-corrected chi connectivity index (χ1v) is 9.09. The molecule has 0 aromatic heterocycles. The van der Waals surface area contributed by atoms with Gasteiger partial charge in [0.15, 0.2) is 0 Å². The van der Waals surface area contributed by atoms with Crippen LogP contribution in [0.4, 0.5) is 5.69 Å². The van der Waals surface area contributed by atoms with Crippen molar-refractivity contribution in [1.29, 1.82) is 0 Å². The highest BCUT2D eigenvalue weighted by Crippen LogP contribution is 2.30. The molecule has 1 aliphatic carbocycles. The zero-order chi connectivity index (χ0) is 19.1. The minimum atomic E-state index is -0.835. The molecular formula is C21H23NO5. The average Bonchev–Trinajstić information content (AvgIpc) is 3.49. The number of amides is 1. The van der Waals surface area contributed by atoms with E-state index in [0.29, 0.717) is 48.3 Å². The maximum Gasteiger partial charge on any atom is 0.303 e. The van der Waals surface area contributed by atoms with Crippen LogP contribution in [0.1, 0.15) is 36.0 Å². The Labute approximate surface area is 158 Å². The zero-order valence-corrected chi connectivity index (χ0v) is 15.0. The average molecular weight is 369 g/mol. The van der Waals surface area contributed by atoms with Gasteiger partial charge in [-0.05, 0) is 61.6 Å². The molecule has 1 amide bonds. The van der Waals surface area contributed by atoms with Crippen LogP contribution in [0, 0.1) is 5.92 Å². The van der Waals surface area contributed by atoms with Crippen molar-refractivity contribution in [2.45, 2.75) is 25.7 Å². The van der Waals surface area contributed by atoms with E-state index in [1.165, 1.54) is 12.8 Å². The van der Waals surface area contributed by atoms with E-state index in [-0.39, 0.29) is 12.3 Å². The minimum absolute atomic E-state index is 0.0797. The second kappa shape index (κ2) is 9.07.